The van der Waals surface area contributed by atoms with Crippen LogP contribution in [-0.2, 0) is 0 Å². The molecule has 0 unspecified atom stereocenters. The molecule has 27 heavy (non-hydrogen) atoms. The van der Waals surface area contributed by atoms with E-state index < -0.39 is 0 Å². The number of hydrogen-bond acceptors (Lipinski definition) is 6. The van der Waals surface area contributed by atoms with Crippen LogP contribution in [0.15, 0.2) is 36.8 Å². The fourth-order valence-electron chi connectivity index (χ4n) is 4.04. The first-order valence-corrected chi connectivity index (χ1v) is 9.06. The molecular weight excluding hydrogens is 340 g/mol. The third-order valence-corrected chi connectivity index (χ3v) is 5.47. The third kappa shape index (κ3) is 2.43. The van der Waals surface area contributed by atoms with E-state index in [1.54, 1.807) is 12.4 Å². The van der Waals surface area contributed by atoms with Gasteiger partial charge in [0, 0.05) is 31.4 Å². The topological polar surface area (TPSA) is 98.8 Å². The molecule has 0 spiro atoms. The van der Waals surface area contributed by atoms with Gasteiger partial charge in [-0.1, -0.05) is 13.3 Å². The molecule has 5 heterocycles. The summed E-state index contributed by atoms with van der Waals surface area (Å²) < 4.78 is 2.11. The Labute approximate surface area is 155 Å². The molecule has 8 heteroatoms. The van der Waals surface area contributed by atoms with Gasteiger partial charge in [0.15, 0.2) is 11.3 Å². The second-order valence-electron chi connectivity index (χ2n) is 6.92. The minimum atomic E-state index is 0.253. The average Bonchev–Trinajstić information content (AvgIpc) is 3.43. The van der Waals surface area contributed by atoms with E-state index in [0.717, 1.165) is 48.0 Å². The van der Waals surface area contributed by atoms with E-state index >= 15 is 0 Å². The molecule has 0 aliphatic carbocycles. The summed E-state index contributed by atoms with van der Waals surface area (Å²) in [4.78, 5) is 14.3. The number of anilines is 1. The van der Waals surface area contributed by atoms with Crippen LogP contribution in [-0.4, -0.2) is 42.6 Å². The van der Waals surface area contributed by atoms with Crippen LogP contribution in [0, 0.1) is 17.2 Å². The molecule has 0 radical (unpaired) electrons. The number of fused-ring (bicyclic) bond motifs is 3. The number of hydrogen-bond donors (Lipinski definition) is 1. The summed E-state index contributed by atoms with van der Waals surface area (Å²) in [7, 11) is 0. The largest absolute Gasteiger partial charge is 0.356 e. The maximum Gasteiger partial charge on any atom is 0.179 e. The van der Waals surface area contributed by atoms with Crippen molar-refractivity contribution in [1.29, 1.82) is 5.26 Å². The van der Waals surface area contributed by atoms with Crippen LogP contribution in [0.25, 0.3) is 16.8 Å². The number of pyridine rings is 1. The maximum absolute atomic E-state index is 8.98. The molecule has 1 aliphatic heterocycles. The van der Waals surface area contributed by atoms with Gasteiger partial charge in [0.05, 0.1) is 17.3 Å². The highest BCUT2D eigenvalue weighted by atomic mass is 15.3. The molecule has 5 rings (SSSR count). The highest BCUT2D eigenvalue weighted by Gasteiger charge is 2.36. The minimum absolute atomic E-state index is 0.253. The van der Waals surface area contributed by atoms with Crippen molar-refractivity contribution < 1.29 is 0 Å². The van der Waals surface area contributed by atoms with Crippen molar-refractivity contribution in [3.05, 3.63) is 48.2 Å². The van der Waals surface area contributed by atoms with Gasteiger partial charge in [0.2, 0.25) is 0 Å². The van der Waals surface area contributed by atoms with Crippen molar-refractivity contribution in [1.82, 2.24) is 29.5 Å². The Balaban J connectivity index is 1.55. The van der Waals surface area contributed by atoms with E-state index in [9.17, 15) is 0 Å². The van der Waals surface area contributed by atoms with Crippen LogP contribution in [0.3, 0.4) is 0 Å². The molecule has 0 bridgehead atoms. The summed E-state index contributed by atoms with van der Waals surface area (Å²) in [5.74, 6) is 2.58. The molecule has 0 aromatic carbocycles. The van der Waals surface area contributed by atoms with Gasteiger partial charge in [-0.3, -0.25) is 4.40 Å². The number of aromatic nitrogens is 6. The molecule has 4 aromatic rings. The van der Waals surface area contributed by atoms with E-state index in [-0.39, 0.29) is 5.92 Å². The smallest absolute Gasteiger partial charge is 0.179 e. The first-order valence-electron chi connectivity index (χ1n) is 9.06. The Morgan fingerprint density at radius 1 is 1.19 bits per heavy atom. The van der Waals surface area contributed by atoms with E-state index in [1.807, 2.05) is 24.4 Å². The number of nitrogens with one attached hydrogen (secondary N) is 1. The lowest BCUT2D eigenvalue weighted by Gasteiger charge is -2.17. The number of H-pyrrole nitrogens is 1. The number of rotatable bonds is 3. The zero-order valence-electron chi connectivity index (χ0n) is 14.9. The van der Waals surface area contributed by atoms with Crippen LogP contribution in [0.2, 0.25) is 0 Å². The summed E-state index contributed by atoms with van der Waals surface area (Å²) in [5.41, 5.74) is 3.17. The molecule has 0 amide bonds. The lowest BCUT2D eigenvalue weighted by atomic mass is 9.93. The second-order valence-corrected chi connectivity index (χ2v) is 6.92. The van der Waals surface area contributed by atoms with E-state index in [1.165, 1.54) is 0 Å². The summed E-state index contributed by atoms with van der Waals surface area (Å²) >= 11 is 0. The minimum Gasteiger partial charge on any atom is -0.356 e. The van der Waals surface area contributed by atoms with Crippen LogP contribution in [0.5, 0.6) is 0 Å². The summed E-state index contributed by atoms with van der Waals surface area (Å²) in [6, 6.07) is 7.87. The first kappa shape index (κ1) is 15.8. The van der Waals surface area contributed by atoms with Crippen LogP contribution >= 0.6 is 0 Å². The molecular formula is C19H18N8. The number of aromatic amines is 1. The molecule has 1 fully saturated rings. The molecule has 2 atom stereocenters. The molecule has 1 aliphatic rings. The van der Waals surface area contributed by atoms with Gasteiger partial charge < -0.3 is 9.88 Å². The SMILES string of the molecule is CC[C@@H]1CN(c2ccc(C#N)cn2)C[C@@H]1c1nnc2cnc3[nH]ccc3n12. The standard InChI is InChI=1S/C19H18N8/c1-2-13-10-26(16-4-3-12(7-20)8-22-16)11-14(13)19-25-24-17-9-23-18-15(27(17)19)5-6-21-18/h3-6,8-9,13-14,21H,2,10-11H2,1H3/t13-,14+/m1/s1. The second kappa shape index (κ2) is 6.06. The molecule has 8 nitrogen and oxygen atoms in total. The Kier molecular flexibility index (Phi) is 3.53. The van der Waals surface area contributed by atoms with E-state index in [4.69, 9.17) is 5.26 Å². The zero-order valence-corrected chi connectivity index (χ0v) is 14.9. The van der Waals surface area contributed by atoms with Gasteiger partial charge in [0.1, 0.15) is 17.7 Å². The molecule has 1 saturated heterocycles. The molecule has 0 saturated carbocycles. The fourth-order valence-corrected chi connectivity index (χ4v) is 4.04. The molecule has 134 valence electrons. The fraction of sp³-hybridized carbons (Fsp3) is 0.316. The summed E-state index contributed by atoms with van der Waals surface area (Å²) in [5, 5.41) is 17.9. The maximum atomic E-state index is 8.98. The monoisotopic (exact) mass is 358 g/mol. The van der Waals surface area contributed by atoms with Crippen LogP contribution in [0.4, 0.5) is 5.82 Å². The van der Waals surface area contributed by atoms with Gasteiger partial charge in [0.25, 0.3) is 0 Å². The van der Waals surface area contributed by atoms with Crippen molar-refractivity contribution in [2.45, 2.75) is 19.3 Å². The Morgan fingerprint density at radius 3 is 2.89 bits per heavy atom. The zero-order chi connectivity index (χ0) is 18.4. The first-order chi connectivity index (χ1) is 13.3. The Bertz CT molecular complexity index is 1150. The predicted molar refractivity (Wildman–Crippen MR) is 100 cm³/mol. The van der Waals surface area contributed by atoms with E-state index in [0.29, 0.717) is 11.5 Å². The van der Waals surface area contributed by atoms with Crippen LogP contribution in [0.1, 0.15) is 30.7 Å². The normalized spacial score (nSPS) is 19.8. The van der Waals surface area contributed by atoms with Crippen molar-refractivity contribution in [3.63, 3.8) is 0 Å². The molecule has 4 aromatic heterocycles. The number of nitrogens with zero attached hydrogens (tertiary/aromatic N) is 7. The Morgan fingerprint density at radius 2 is 2.11 bits per heavy atom. The van der Waals surface area contributed by atoms with Crippen molar-refractivity contribution >= 4 is 22.6 Å². The van der Waals surface area contributed by atoms with Crippen molar-refractivity contribution in [2.75, 3.05) is 18.0 Å². The van der Waals surface area contributed by atoms with Gasteiger partial charge in [-0.05, 0) is 24.1 Å². The summed E-state index contributed by atoms with van der Waals surface area (Å²) in [6.45, 7) is 3.95. The van der Waals surface area contributed by atoms with Crippen molar-refractivity contribution in [3.8, 4) is 6.07 Å². The predicted octanol–water partition coefficient (Wildman–Crippen LogP) is 2.50. The van der Waals surface area contributed by atoms with E-state index in [2.05, 4.69) is 47.4 Å². The van der Waals surface area contributed by atoms with Gasteiger partial charge in [-0.25, -0.2) is 9.97 Å². The van der Waals surface area contributed by atoms with Gasteiger partial charge in [-0.15, -0.1) is 10.2 Å². The van der Waals surface area contributed by atoms with Crippen LogP contribution < -0.4 is 4.90 Å². The van der Waals surface area contributed by atoms with Gasteiger partial charge >= 0.3 is 0 Å². The lowest BCUT2D eigenvalue weighted by Crippen LogP contribution is -2.21. The average molecular weight is 358 g/mol. The van der Waals surface area contributed by atoms with Crippen molar-refractivity contribution in [2.24, 2.45) is 5.92 Å². The molecule has 1 N–H and O–H groups in total. The summed E-state index contributed by atoms with van der Waals surface area (Å²) in [6.07, 6.45) is 6.32. The number of nitriles is 1. The third-order valence-electron chi connectivity index (χ3n) is 5.47. The van der Waals surface area contributed by atoms with Gasteiger partial charge in [-0.2, -0.15) is 5.26 Å². The highest BCUT2D eigenvalue weighted by molar-refractivity contribution is 5.74. The lowest BCUT2D eigenvalue weighted by molar-refractivity contribution is 0.484. The quantitative estimate of drug-likeness (QED) is 0.604. The Hall–Kier alpha value is -3.47. The highest BCUT2D eigenvalue weighted by Crippen LogP contribution is 2.36.